The van der Waals surface area contributed by atoms with Gasteiger partial charge in [0.25, 0.3) is 0 Å². The Labute approximate surface area is 101 Å². The third-order valence-electron chi connectivity index (χ3n) is 2.66. The van der Waals surface area contributed by atoms with Crippen molar-refractivity contribution in [3.8, 4) is 0 Å². The predicted molar refractivity (Wildman–Crippen MR) is 68.5 cm³/mol. The summed E-state index contributed by atoms with van der Waals surface area (Å²) in [4.78, 5) is 0. The fourth-order valence-corrected chi connectivity index (χ4v) is 3.01. The van der Waals surface area contributed by atoms with E-state index < -0.39 is 9.84 Å². The highest BCUT2D eigenvalue weighted by Crippen LogP contribution is 2.20. The lowest BCUT2D eigenvalue weighted by Crippen LogP contribution is -2.12. The molecule has 0 aliphatic carbocycles. The van der Waals surface area contributed by atoms with Gasteiger partial charge in [0.15, 0.2) is 9.84 Å². The Kier molecular flexibility index (Phi) is 3.45. The van der Waals surface area contributed by atoms with Crippen LogP contribution in [0.15, 0.2) is 42.5 Å². The number of hydrogen-bond acceptors (Lipinski definition) is 3. The largest absolute Gasteiger partial charge is 0.395 e. The summed E-state index contributed by atoms with van der Waals surface area (Å²) < 4.78 is 23.4. The van der Waals surface area contributed by atoms with Gasteiger partial charge in [0.2, 0.25) is 0 Å². The van der Waals surface area contributed by atoms with Gasteiger partial charge in [-0.25, -0.2) is 8.42 Å². The van der Waals surface area contributed by atoms with E-state index in [1.807, 2.05) is 42.5 Å². The Bertz CT molecular complexity index is 612. The van der Waals surface area contributed by atoms with Gasteiger partial charge in [-0.1, -0.05) is 42.5 Å². The van der Waals surface area contributed by atoms with E-state index in [1.165, 1.54) is 0 Å². The lowest BCUT2D eigenvalue weighted by molar-refractivity contribution is 0.319. The van der Waals surface area contributed by atoms with Crippen molar-refractivity contribution in [1.82, 2.24) is 0 Å². The molecule has 2 aromatic carbocycles. The summed E-state index contributed by atoms with van der Waals surface area (Å²) in [5.74, 6) is -0.203. The maximum absolute atomic E-state index is 11.7. The van der Waals surface area contributed by atoms with Crippen LogP contribution in [-0.2, 0) is 15.6 Å². The third-order valence-corrected chi connectivity index (χ3v) is 4.21. The highest BCUT2D eigenvalue weighted by atomic mass is 32.2. The smallest absolute Gasteiger partial charge is 0.156 e. The fraction of sp³-hybridized carbons (Fsp3) is 0.231. The van der Waals surface area contributed by atoms with E-state index in [-0.39, 0.29) is 18.1 Å². The van der Waals surface area contributed by atoms with Crippen LogP contribution in [0.4, 0.5) is 0 Å². The maximum Gasteiger partial charge on any atom is 0.156 e. The quantitative estimate of drug-likeness (QED) is 0.899. The highest BCUT2D eigenvalue weighted by molar-refractivity contribution is 7.90. The molecule has 0 heterocycles. The summed E-state index contributed by atoms with van der Waals surface area (Å²) in [6, 6.07) is 13.3. The Morgan fingerprint density at radius 1 is 1.00 bits per heavy atom. The lowest BCUT2D eigenvalue weighted by atomic mass is 10.1. The van der Waals surface area contributed by atoms with Crippen LogP contribution in [0, 0.1) is 0 Å². The average Bonchev–Trinajstić information content (AvgIpc) is 2.29. The second-order valence-electron chi connectivity index (χ2n) is 3.95. The van der Waals surface area contributed by atoms with Gasteiger partial charge in [0.1, 0.15) is 0 Å². The van der Waals surface area contributed by atoms with Gasteiger partial charge in [-0.3, -0.25) is 0 Å². The Hall–Kier alpha value is -1.39. The lowest BCUT2D eigenvalue weighted by Gasteiger charge is -2.06. The molecule has 0 spiro atoms. The standard InChI is InChI=1S/C13H14O3S/c14-8-9-17(15,16)10-12-6-3-5-11-4-1-2-7-13(11)12/h1-7,14H,8-10H2. The molecule has 0 atom stereocenters. The zero-order chi connectivity index (χ0) is 12.3. The first-order chi connectivity index (χ1) is 8.12. The van der Waals surface area contributed by atoms with E-state index in [2.05, 4.69) is 0 Å². The Morgan fingerprint density at radius 3 is 2.47 bits per heavy atom. The van der Waals surface area contributed by atoms with E-state index in [4.69, 9.17) is 5.11 Å². The molecule has 4 heteroatoms. The molecule has 0 radical (unpaired) electrons. The zero-order valence-electron chi connectivity index (χ0n) is 9.33. The molecule has 0 saturated carbocycles. The van der Waals surface area contributed by atoms with E-state index in [0.717, 1.165) is 16.3 Å². The summed E-state index contributed by atoms with van der Waals surface area (Å²) in [7, 11) is -3.23. The number of sulfone groups is 1. The van der Waals surface area contributed by atoms with Crippen molar-refractivity contribution in [3.05, 3.63) is 48.0 Å². The Balaban J connectivity index is 2.43. The van der Waals surface area contributed by atoms with Gasteiger partial charge < -0.3 is 5.11 Å². The van der Waals surface area contributed by atoms with Crippen molar-refractivity contribution in [1.29, 1.82) is 0 Å². The fourth-order valence-electron chi connectivity index (χ4n) is 1.87. The first kappa shape index (κ1) is 12.1. The molecule has 0 aliphatic rings. The van der Waals surface area contributed by atoms with Crippen LogP contribution in [0.5, 0.6) is 0 Å². The predicted octanol–water partition coefficient (Wildman–Crippen LogP) is 1.75. The maximum atomic E-state index is 11.7. The van der Waals surface area contributed by atoms with Gasteiger partial charge in [0, 0.05) is 0 Å². The van der Waals surface area contributed by atoms with Crippen LogP contribution in [0.1, 0.15) is 5.56 Å². The summed E-state index contributed by atoms with van der Waals surface area (Å²) in [5.41, 5.74) is 0.788. The number of rotatable bonds is 4. The van der Waals surface area contributed by atoms with Crippen molar-refractivity contribution < 1.29 is 13.5 Å². The monoisotopic (exact) mass is 250 g/mol. The number of aliphatic hydroxyl groups is 1. The molecule has 0 bridgehead atoms. The van der Waals surface area contributed by atoms with Gasteiger partial charge in [-0.05, 0) is 16.3 Å². The molecule has 0 amide bonds. The first-order valence-corrected chi connectivity index (χ1v) is 7.22. The molecule has 1 N–H and O–H groups in total. The van der Waals surface area contributed by atoms with Gasteiger partial charge in [-0.2, -0.15) is 0 Å². The number of benzene rings is 2. The minimum atomic E-state index is -3.23. The van der Waals surface area contributed by atoms with Crippen LogP contribution in [0.2, 0.25) is 0 Å². The summed E-state index contributed by atoms with van der Waals surface area (Å²) >= 11 is 0. The van der Waals surface area contributed by atoms with Crippen molar-refractivity contribution in [2.24, 2.45) is 0 Å². The topological polar surface area (TPSA) is 54.4 Å². The van der Waals surface area contributed by atoms with Gasteiger partial charge in [-0.15, -0.1) is 0 Å². The molecule has 0 saturated heterocycles. The summed E-state index contributed by atoms with van der Waals surface area (Å²) in [6.07, 6.45) is 0. The summed E-state index contributed by atoms with van der Waals surface area (Å²) in [5, 5.41) is 10.7. The van der Waals surface area contributed by atoms with E-state index >= 15 is 0 Å². The molecule has 0 aliphatic heterocycles. The second-order valence-corrected chi connectivity index (χ2v) is 6.14. The summed E-state index contributed by atoms with van der Waals surface area (Å²) in [6.45, 7) is -0.326. The first-order valence-electron chi connectivity index (χ1n) is 5.40. The molecule has 0 fully saturated rings. The van der Waals surface area contributed by atoms with Crippen molar-refractivity contribution in [2.45, 2.75) is 5.75 Å². The normalized spacial score (nSPS) is 11.8. The van der Waals surface area contributed by atoms with Crippen molar-refractivity contribution in [2.75, 3.05) is 12.4 Å². The molecular formula is C13H14O3S. The minimum absolute atomic E-state index is 0.0189. The average molecular weight is 250 g/mol. The molecular weight excluding hydrogens is 236 g/mol. The molecule has 2 aromatic rings. The number of hydrogen-bond donors (Lipinski definition) is 1. The zero-order valence-corrected chi connectivity index (χ0v) is 10.2. The van der Waals surface area contributed by atoms with E-state index in [9.17, 15) is 8.42 Å². The van der Waals surface area contributed by atoms with Crippen LogP contribution in [-0.4, -0.2) is 25.9 Å². The second kappa shape index (κ2) is 4.85. The highest BCUT2D eigenvalue weighted by Gasteiger charge is 2.12. The number of fused-ring (bicyclic) bond motifs is 1. The Morgan fingerprint density at radius 2 is 1.71 bits per heavy atom. The van der Waals surface area contributed by atoms with E-state index in [0.29, 0.717) is 0 Å². The molecule has 0 aromatic heterocycles. The molecule has 2 rings (SSSR count). The van der Waals surface area contributed by atoms with E-state index in [1.54, 1.807) is 0 Å². The molecule has 17 heavy (non-hydrogen) atoms. The van der Waals surface area contributed by atoms with Crippen LogP contribution < -0.4 is 0 Å². The van der Waals surface area contributed by atoms with Crippen molar-refractivity contribution >= 4 is 20.6 Å². The number of aliphatic hydroxyl groups excluding tert-OH is 1. The van der Waals surface area contributed by atoms with Gasteiger partial charge in [0.05, 0.1) is 18.1 Å². The molecule has 90 valence electrons. The van der Waals surface area contributed by atoms with Crippen LogP contribution in [0.3, 0.4) is 0 Å². The molecule has 0 unspecified atom stereocenters. The minimum Gasteiger partial charge on any atom is -0.395 e. The van der Waals surface area contributed by atoms with Crippen molar-refractivity contribution in [3.63, 3.8) is 0 Å². The third kappa shape index (κ3) is 2.84. The molecule has 3 nitrogen and oxygen atoms in total. The van der Waals surface area contributed by atoms with Gasteiger partial charge >= 0.3 is 0 Å². The SMILES string of the molecule is O=S(=O)(CCO)Cc1cccc2ccccc12. The van der Waals surface area contributed by atoms with Crippen LogP contribution >= 0.6 is 0 Å². The van der Waals surface area contributed by atoms with Crippen LogP contribution in [0.25, 0.3) is 10.8 Å².